The summed E-state index contributed by atoms with van der Waals surface area (Å²) in [4.78, 5) is 34.0. The van der Waals surface area contributed by atoms with Crippen molar-refractivity contribution in [2.75, 3.05) is 55.3 Å². The zero-order valence-corrected chi connectivity index (χ0v) is 21.8. The molecule has 5 rings (SSSR count). The number of carbonyl (C=O) groups is 2. The largest absolute Gasteiger partial charge is 0.395 e. The Balaban J connectivity index is 1.19. The van der Waals surface area contributed by atoms with Crippen LogP contribution in [0, 0.1) is 0 Å². The highest BCUT2D eigenvalue weighted by atomic mass is 16.3. The molecule has 0 saturated carbocycles. The molecule has 202 valence electrons. The van der Waals surface area contributed by atoms with Gasteiger partial charge in [-0.05, 0) is 48.0 Å². The van der Waals surface area contributed by atoms with E-state index in [1.807, 2.05) is 61.8 Å². The maximum Gasteiger partial charge on any atom is 0.323 e. The fourth-order valence-electron chi connectivity index (χ4n) is 4.61. The number of aromatic nitrogens is 3. The van der Waals surface area contributed by atoms with Crippen LogP contribution in [0.25, 0.3) is 10.9 Å². The molecule has 4 aromatic rings. The summed E-state index contributed by atoms with van der Waals surface area (Å²) >= 11 is 0. The zero-order chi connectivity index (χ0) is 27.2. The van der Waals surface area contributed by atoms with Crippen molar-refractivity contribution in [3.05, 3.63) is 78.1 Å². The van der Waals surface area contributed by atoms with Crippen molar-refractivity contribution in [2.45, 2.75) is 6.54 Å². The van der Waals surface area contributed by atoms with Crippen molar-refractivity contribution in [2.24, 2.45) is 7.05 Å². The van der Waals surface area contributed by atoms with Gasteiger partial charge in [0.2, 0.25) is 0 Å². The molecule has 0 unspecified atom stereocenters. The molecule has 39 heavy (non-hydrogen) atoms. The van der Waals surface area contributed by atoms with E-state index in [0.29, 0.717) is 48.9 Å². The van der Waals surface area contributed by atoms with Gasteiger partial charge < -0.3 is 20.6 Å². The second-order valence-corrected chi connectivity index (χ2v) is 9.46. The summed E-state index contributed by atoms with van der Waals surface area (Å²) in [5.74, 6) is 0.239. The maximum atomic E-state index is 13.1. The first-order valence-corrected chi connectivity index (χ1v) is 12.9. The smallest absolute Gasteiger partial charge is 0.323 e. The minimum atomic E-state index is -0.227. The number of benzene rings is 2. The molecule has 1 fully saturated rings. The van der Waals surface area contributed by atoms with E-state index in [9.17, 15) is 9.59 Å². The highest BCUT2D eigenvalue weighted by molar-refractivity contribution is 6.08. The lowest BCUT2D eigenvalue weighted by atomic mass is 10.1. The molecule has 0 atom stereocenters. The van der Waals surface area contributed by atoms with Crippen molar-refractivity contribution in [1.82, 2.24) is 24.6 Å². The highest BCUT2D eigenvalue weighted by Crippen LogP contribution is 2.21. The summed E-state index contributed by atoms with van der Waals surface area (Å²) in [6.07, 6.45) is 3.58. The van der Waals surface area contributed by atoms with Crippen LogP contribution in [0.4, 0.5) is 22.0 Å². The monoisotopic (exact) mass is 528 g/mol. The van der Waals surface area contributed by atoms with Crippen molar-refractivity contribution >= 4 is 40.0 Å². The number of hydrogen-bond donors (Lipinski definition) is 4. The Morgan fingerprint density at radius 2 is 1.82 bits per heavy atom. The standard InChI is InChI=1S/C28H32N8O3/c1-34-19-21-6-7-22(17-25(21)33-34)31-27(38)23-4-2-3-5-24(23)30-18-20-8-9-29-26(16-20)32-28(39)36-12-10-35(11-13-36)14-15-37/h2-9,16-17,19,30,37H,10-15,18H2,1H3,(H,31,38)(H,29,32,39). The minimum absolute atomic E-state index is 0.119. The van der Waals surface area contributed by atoms with Gasteiger partial charge in [-0.25, -0.2) is 9.78 Å². The van der Waals surface area contributed by atoms with E-state index in [-0.39, 0.29) is 18.5 Å². The predicted molar refractivity (Wildman–Crippen MR) is 151 cm³/mol. The number of anilines is 3. The number of fused-ring (bicyclic) bond motifs is 1. The third-order valence-electron chi connectivity index (χ3n) is 6.67. The van der Waals surface area contributed by atoms with Crippen molar-refractivity contribution in [3.8, 4) is 0 Å². The molecule has 1 aliphatic rings. The molecule has 4 N–H and O–H groups in total. The Kier molecular flexibility index (Phi) is 7.99. The average molecular weight is 529 g/mol. The number of aliphatic hydroxyl groups is 1. The van der Waals surface area contributed by atoms with E-state index in [4.69, 9.17) is 5.11 Å². The number of aryl methyl sites for hydroxylation is 1. The molecule has 1 saturated heterocycles. The Labute approximate surface area is 226 Å². The molecule has 0 aliphatic carbocycles. The van der Waals surface area contributed by atoms with Gasteiger partial charge in [0.05, 0.1) is 17.7 Å². The van der Waals surface area contributed by atoms with Gasteiger partial charge >= 0.3 is 6.03 Å². The number of nitrogens with zero attached hydrogens (tertiary/aromatic N) is 5. The number of carbonyl (C=O) groups excluding carboxylic acids is 2. The summed E-state index contributed by atoms with van der Waals surface area (Å²) < 4.78 is 1.74. The van der Waals surface area contributed by atoms with Gasteiger partial charge in [0.25, 0.3) is 5.91 Å². The summed E-state index contributed by atoms with van der Waals surface area (Å²) in [6, 6.07) is 16.5. The number of urea groups is 1. The van der Waals surface area contributed by atoms with Gasteiger partial charge in [-0.2, -0.15) is 5.10 Å². The summed E-state index contributed by atoms with van der Waals surface area (Å²) in [5, 5.41) is 23.7. The van der Waals surface area contributed by atoms with Crippen molar-refractivity contribution < 1.29 is 14.7 Å². The third-order valence-corrected chi connectivity index (χ3v) is 6.67. The Morgan fingerprint density at radius 1 is 1.00 bits per heavy atom. The predicted octanol–water partition coefficient (Wildman–Crippen LogP) is 2.97. The molecule has 0 spiro atoms. The number of piperazine rings is 1. The molecule has 2 aromatic heterocycles. The molecular formula is C28H32N8O3. The van der Waals surface area contributed by atoms with Crippen LogP contribution < -0.4 is 16.0 Å². The summed E-state index contributed by atoms with van der Waals surface area (Å²) in [6.45, 7) is 3.84. The summed E-state index contributed by atoms with van der Waals surface area (Å²) in [7, 11) is 1.86. The van der Waals surface area contributed by atoms with Gasteiger partial charge in [0.15, 0.2) is 0 Å². The number of amides is 3. The molecule has 1 aliphatic heterocycles. The number of aliphatic hydroxyl groups excluding tert-OH is 1. The topological polar surface area (TPSA) is 128 Å². The second-order valence-electron chi connectivity index (χ2n) is 9.46. The molecule has 2 aromatic carbocycles. The van der Waals surface area contributed by atoms with E-state index in [1.54, 1.807) is 21.8 Å². The van der Waals surface area contributed by atoms with Crippen LogP contribution in [0.15, 0.2) is 67.0 Å². The number of β-amino-alcohol motifs (C(OH)–C–C–N with tert-alkyl or cyclic N) is 1. The summed E-state index contributed by atoms with van der Waals surface area (Å²) in [5.41, 5.74) is 3.60. The SMILES string of the molecule is Cn1cc2ccc(NC(=O)c3ccccc3NCc3ccnc(NC(=O)N4CCN(CCO)CC4)c3)cc2n1. The molecule has 11 nitrogen and oxygen atoms in total. The highest BCUT2D eigenvalue weighted by Gasteiger charge is 2.21. The van der Waals surface area contributed by atoms with Gasteiger partial charge in [-0.3, -0.25) is 19.7 Å². The molecule has 3 amide bonds. The molecule has 11 heteroatoms. The lowest BCUT2D eigenvalue weighted by Crippen LogP contribution is -2.50. The second kappa shape index (κ2) is 11.9. The fraction of sp³-hybridized carbons (Fsp3) is 0.286. The molecule has 3 heterocycles. The van der Waals surface area contributed by atoms with Crippen LogP contribution in [0.2, 0.25) is 0 Å². The molecule has 0 bridgehead atoms. The van der Waals surface area contributed by atoms with E-state index in [0.717, 1.165) is 29.6 Å². The third kappa shape index (κ3) is 6.51. The number of hydrogen-bond acceptors (Lipinski definition) is 7. The van der Waals surface area contributed by atoms with Crippen LogP contribution in [-0.2, 0) is 13.6 Å². The van der Waals surface area contributed by atoms with Gasteiger partial charge in [-0.15, -0.1) is 0 Å². The van der Waals surface area contributed by atoms with E-state index < -0.39 is 0 Å². The van der Waals surface area contributed by atoms with Crippen molar-refractivity contribution in [1.29, 1.82) is 0 Å². The fourth-order valence-corrected chi connectivity index (χ4v) is 4.61. The Hall–Kier alpha value is -4.48. The van der Waals surface area contributed by atoms with E-state index in [1.165, 1.54) is 0 Å². The van der Waals surface area contributed by atoms with Crippen LogP contribution in [-0.4, -0.2) is 80.9 Å². The lowest BCUT2D eigenvalue weighted by molar-refractivity contribution is 0.102. The van der Waals surface area contributed by atoms with E-state index in [2.05, 4.69) is 30.9 Å². The van der Waals surface area contributed by atoms with Gasteiger partial charge in [0.1, 0.15) is 5.82 Å². The van der Waals surface area contributed by atoms with Crippen LogP contribution in [0.3, 0.4) is 0 Å². The lowest BCUT2D eigenvalue weighted by Gasteiger charge is -2.34. The number of para-hydroxylation sites is 1. The first-order valence-electron chi connectivity index (χ1n) is 12.9. The Morgan fingerprint density at radius 3 is 2.64 bits per heavy atom. The first-order chi connectivity index (χ1) is 19.0. The number of pyridine rings is 1. The van der Waals surface area contributed by atoms with Crippen molar-refractivity contribution in [3.63, 3.8) is 0 Å². The minimum Gasteiger partial charge on any atom is -0.395 e. The number of nitrogens with one attached hydrogen (secondary N) is 3. The normalized spacial score (nSPS) is 13.8. The quantitative estimate of drug-likeness (QED) is 0.277. The van der Waals surface area contributed by atoms with Gasteiger partial charge in [0, 0.05) is 75.5 Å². The average Bonchev–Trinajstić information content (AvgIpc) is 3.32. The maximum absolute atomic E-state index is 13.1. The number of rotatable bonds is 8. The Bertz CT molecular complexity index is 1460. The molecule has 0 radical (unpaired) electrons. The first kappa shape index (κ1) is 26.1. The van der Waals surface area contributed by atoms with Crippen LogP contribution in [0.5, 0.6) is 0 Å². The van der Waals surface area contributed by atoms with Crippen LogP contribution >= 0.6 is 0 Å². The van der Waals surface area contributed by atoms with Crippen LogP contribution in [0.1, 0.15) is 15.9 Å². The zero-order valence-electron chi connectivity index (χ0n) is 21.8. The molecular weight excluding hydrogens is 496 g/mol. The van der Waals surface area contributed by atoms with E-state index >= 15 is 0 Å². The van der Waals surface area contributed by atoms with Gasteiger partial charge in [-0.1, -0.05) is 12.1 Å².